The molecule has 0 unspecified atom stereocenters. The standard InChI is InChI=1S/C11H5ClF8N2O2S/c12-10(17,18)8(13,14)9(15,16)11(19,20)25(23,24)22(6-21)7-4-2-1-3-5-7/h1-5H. The zero-order valence-electron chi connectivity index (χ0n) is 11.4. The van der Waals surface area contributed by atoms with E-state index in [9.17, 15) is 43.5 Å². The number of alkyl halides is 9. The van der Waals surface area contributed by atoms with Crippen LogP contribution < -0.4 is 4.31 Å². The van der Waals surface area contributed by atoms with Gasteiger partial charge in [-0.05, 0) is 23.7 Å². The summed E-state index contributed by atoms with van der Waals surface area (Å²) in [7, 11) is -6.89. The number of nitriles is 1. The maximum atomic E-state index is 13.7. The van der Waals surface area contributed by atoms with Crippen LogP contribution in [0.3, 0.4) is 0 Å². The number of anilines is 1. The second kappa shape index (κ2) is 6.17. The predicted octanol–water partition coefficient (Wildman–Crippen LogP) is 4.00. The Kier molecular flexibility index (Phi) is 5.24. The fourth-order valence-electron chi connectivity index (χ4n) is 1.45. The highest BCUT2D eigenvalue weighted by atomic mass is 35.5. The van der Waals surface area contributed by atoms with Crippen molar-refractivity contribution in [3.63, 3.8) is 0 Å². The summed E-state index contributed by atoms with van der Waals surface area (Å²) in [5.74, 6) is -14.1. The smallest absolute Gasteiger partial charge is 0.199 e. The minimum atomic E-state index is -7.16. The normalized spacial score (nSPS) is 14.1. The molecule has 0 aliphatic rings. The van der Waals surface area contributed by atoms with Crippen molar-refractivity contribution >= 4 is 27.3 Å². The van der Waals surface area contributed by atoms with Crippen LogP contribution >= 0.6 is 11.6 Å². The Morgan fingerprint density at radius 3 is 1.72 bits per heavy atom. The molecule has 1 aromatic rings. The van der Waals surface area contributed by atoms with E-state index in [0.717, 1.165) is 12.1 Å². The first-order chi connectivity index (χ1) is 11.1. The van der Waals surface area contributed by atoms with Crippen molar-refractivity contribution in [2.75, 3.05) is 4.31 Å². The Balaban J connectivity index is 3.57. The van der Waals surface area contributed by atoms with Gasteiger partial charge in [-0.2, -0.15) is 53.1 Å². The molecule has 0 aliphatic carbocycles. The summed E-state index contributed by atoms with van der Waals surface area (Å²) in [6, 6.07) is 4.63. The van der Waals surface area contributed by atoms with E-state index in [2.05, 4.69) is 11.6 Å². The number of halogens is 9. The number of hydrogen-bond donors (Lipinski definition) is 0. The molecular weight excluding hydrogens is 412 g/mol. The van der Waals surface area contributed by atoms with Gasteiger partial charge in [0.25, 0.3) is 0 Å². The number of hydrogen-bond acceptors (Lipinski definition) is 3. The summed E-state index contributed by atoms with van der Waals surface area (Å²) >= 11 is 3.73. The molecule has 25 heavy (non-hydrogen) atoms. The second-order valence-electron chi connectivity index (χ2n) is 4.37. The van der Waals surface area contributed by atoms with Crippen molar-refractivity contribution < 1.29 is 43.5 Å². The number of rotatable bonds is 6. The molecule has 0 amide bonds. The Morgan fingerprint density at radius 2 is 1.36 bits per heavy atom. The number of para-hydroxylation sites is 1. The van der Waals surface area contributed by atoms with Gasteiger partial charge in [0.15, 0.2) is 6.19 Å². The second-order valence-corrected chi connectivity index (χ2v) is 6.67. The molecule has 1 aromatic carbocycles. The quantitative estimate of drug-likeness (QED) is 0.305. The molecule has 14 heteroatoms. The lowest BCUT2D eigenvalue weighted by Crippen LogP contribution is -2.64. The first kappa shape index (κ1) is 21.2. The van der Waals surface area contributed by atoms with Gasteiger partial charge in [0, 0.05) is 0 Å². The molecule has 1 rings (SSSR count). The van der Waals surface area contributed by atoms with Gasteiger partial charge in [-0.3, -0.25) is 0 Å². The van der Waals surface area contributed by atoms with Gasteiger partial charge < -0.3 is 0 Å². The average Bonchev–Trinajstić information content (AvgIpc) is 2.47. The highest BCUT2D eigenvalue weighted by molar-refractivity contribution is 7.94. The molecule has 0 heterocycles. The molecule has 0 radical (unpaired) electrons. The molecule has 0 saturated heterocycles. The van der Waals surface area contributed by atoms with Gasteiger partial charge in [0.05, 0.1) is 5.69 Å². The van der Waals surface area contributed by atoms with Gasteiger partial charge in [-0.25, -0.2) is 0 Å². The lowest BCUT2D eigenvalue weighted by atomic mass is 10.2. The number of benzene rings is 1. The molecular formula is C11H5ClF8N2O2S. The Morgan fingerprint density at radius 1 is 0.920 bits per heavy atom. The summed E-state index contributed by atoms with van der Waals surface area (Å²) in [6.07, 6.45) is 0.594. The number of sulfonamides is 1. The molecule has 4 nitrogen and oxygen atoms in total. The maximum absolute atomic E-state index is 13.7. The summed E-state index contributed by atoms with van der Waals surface area (Å²) < 4.78 is 128. The molecule has 0 aromatic heterocycles. The molecule has 0 N–H and O–H groups in total. The third-order valence-electron chi connectivity index (χ3n) is 2.76. The van der Waals surface area contributed by atoms with Crippen molar-refractivity contribution in [2.45, 2.75) is 22.5 Å². The van der Waals surface area contributed by atoms with E-state index in [-0.39, 0.29) is 0 Å². The fourth-order valence-corrected chi connectivity index (χ4v) is 2.76. The monoisotopic (exact) mass is 416 g/mol. The van der Waals surface area contributed by atoms with Gasteiger partial charge in [0.2, 0.25) is 0 Å². The Bertz CT molecular complexity index is 774. The Labute approximate surface area is 140 Å². The molecule has 0 bridgehead atoms. The van der Waals surface area contributed by atoms with E-state index in [1.54, 1.807) is 0 Å². The fraction of sp³-hybridized carbons (Fsp3) is 0.364. The zero-order chi connectivity index (χ0) is 19.9. The van der Waals surface area contributed by atoms with Gasteiger partial charge in [-0.15, -0.1) is 0 Å². The minimum Gasteiger partial charge on any atom is -0.199 e. The van der Waals surface area contributed by atoms with Crippen LogP contribution in [0.4, 0.5) is 40.8 Å². The first-order valence-corrected chi connectivity index (χ1v) is 7.57. The van der Waals surface area contributed by atoms with Crippen LogP contribution in [0.25, 0.3) is 0 Å². The van der Waals surface area contributed by atoms with Crippen LogP contribution in [0.2, 0.25) is 0 Å². The predicted molar refractivity (Wildman–Crippen MR) is 69.1 cm³/mol. The summed E-state index contributed by atoms with van der Waals surface area (Å²) in [5, 5.41) is -4.36. The van der Waals surface area contributed by atoms with Crippen molar-refractivity contribution in [1.29, 1.82) is 5.26 Å². The highest BCUT2D eigenvalue weighted by Gasteiger charge is 2.85. The molecule has 0 atom stereocenters. The zero-order valence-corrected chi connectivity index (χ0v) is 13.0. The third kappa shape index (κ3) is 3.08. The lowest BCUT2D eigenvalue weighted by Gasteiger charge is -2.34. The summed E-state index contributed by atoms with van der Waals surface area (Å²) in [5.41, 5.74) is -0.915. The van der Waals surface area contributed by atoms with Crippen molar-refractivity contribution in [3.8, 4) is 6.19 Å². The first-order valence-electron chi connectivity index (χ1n) is 5.75. The van der Waals surface area contributed by atoms with Crippen LogP contribution in [-0.2, 0) is 10.0 Å². The van der Waals surface area contributed by atoms with Crippen LogP contribution in [-0.4, -0.2) is 30.9 Å². The molecule has 0 spiro atoms. The van der Waals surface area contributed by atoms with Gasteiger partial charge in [0.1, 0.15) is 0 Å². The maximum Gasteiger partial charge on any atom is 0.433 e. The van der Waals surface area contributed by atoms with Crippen LogP contribution in [0, 0.1) is 11.5 Å². The molecule has 0 fully saturated rings. The van der Waals surface area contributed by atoms with E-state index < -0.39 is 42.5 Å². The summed E-state index contributed by atoms with van der Waals surface area (Å²) in [6.45, 7) is 0. The topological polar surface area (TPSA) is 61.2 Å². The van der Waals surface area contributed by atoms with Crippen LogP contribution in [0.5, 0.6) is 0 Å². The highest BCUT2D eigenvalue weighted by Crippen LogP contribution is 2.56. The van der Waals surface area contributed by atoms with Crippen molar-refractivity contribution in [1.82, 2.24) is 0 Å². The third-order valence-corrected chi connectivity index (χ3v) is 4.68. The van der Waals surface area contributed by atoms with E-state index in [1.807, 2.05) is 0 Å². The Hall–Kier alpha value is -1.81. The average molecular weight is 417 g/mol. The van der Waals surface area contributed by atoms with E-state index in [4.69, 9.17) is 5.26 Å². The van der Waals surface area contributed by atoms with E-state index in [0.29, 0.717) is 18.3 Å². The summed E-state index contributed by atoms with van der Waals surface area (Å²) in [4.78, 5) is 0. The lowest BCUT2D eigenvalue weighted by molar-refractivity contribution is -0.326. The SMILES string of the molecule is N#CN(c1ccccc1)S(=O)(=O)C(F)(F)C(F)(F)C(F)(F)C(F)(F)Cl. The van der Waals surface area contributed by atoms with E-state index in [1.165, 1.54) is 6.07 Å². The van der Waals surface area contributed by atoms with Crippen molar-refractivity contribution in [2.24, 2.45) is 0 Å². The van der Waals surface area contributed by atoms with Crippen LogP contribution in [0.15, 0.2) is 30.3 Å². The van der Waals surface area contributed by atoms with Gasteiger partial charge in [-0.1, -0.05) is 18.2 Å². The minimum absolute atomic E-state index is 0.594. The number of nitrogens with zero attached hydrogens (tertiary/aromatic N) is 2. The van der Waals surface area contributed by atoms with Gasteiger partial charge >= 0.3 is 32.5 Å². The van der Waals surface area contributed by atoms with E-state index >= 15 is 0 Å². The molecule has 0 saturated carbocycles. The van der Waals surface area contributed by atoms with Crippen molar-refractivity contribution in [3.05, 3.63) is 30.3 Å². The van der Waals surface area contributed by atoms with Crippen LogP contribution in [0.1, 0.15) is 0 Å². The molecule has 0 aliphatic heterocycles. The molecule has 140 valence electrons. The largest absolute Gasteiger partial charge is 0.433 e.